The van der Waals surface area contributed by atoms with Crippen LogP contribution in [0.25, 0.3) is 0 Å². The van der Waals surface area contributed by atoms with Crippen LogP contribution < -0.4 is 0 Å². The summed E-state index contributed by atoms with van der Waals surface area (Å²) in [6.45, 7) is 14.2. The van der Waals surface area contributed by atoms with Crippen LogP contribution in [0.15, 0.2) is 0 Å². The van der Waals surface area contributed by atoms with Gasteiger partial charge in [0.1, 0.15) is 0 Å². The van der Waals surface area contributed by atoms with Crippen LogP contribution >= 0.6 is 0 Å². The smallest absolute Gasteiger partial charge is 0.223 e. The first-order chi connectivity index (χ1) is 9.20. The second-order valence-electron chi connectivity index (χ2n) is 7.16. The first kappa shape index (κ1) is 19.4. The molecule has 1 amide bonds. The Kier molecular flexibility index (Phi) is 8.41. The molecular weight excluding hydrogens is 250 g/mol. The van der Waals surface area contributed by atoms with Crippen LogP contribution in [0.2, 0.25) is 0 Å². The van der Waals surface area contributed by atoms with E-state index in [1.807, 2.05) is 0 Å². The van der Waals surface area contributed by atoms with E-state index in [1.165, 1.54) is 0 Å². The van der Waals surface area contributed by atoms with Gasteiger partial charge in [0, 0.05) is 25.1 Å². The zero-order valence-corrected chi connectivity index (χ0v) is 14.5. The molecule has 3 nitrogen and oxygen atoms in total. The lowest BCUT2D eigenvalue weighted by Crippen LogP contribution is -2.48. The van der Waals surface area contributed by atoms with E-state index < -0.39 is 0 Å². The average Bonchev–Trinajstić information content (AvgIpc) is 2.39. The summed E-state index contributed by atoms with van der Waals surface area (Å²) in [5.74, 6) is 0.234. The molecule has 0 fully saturated rings. The first-order valence-corrected chi connectivity index (χ1v) is 8.11. The van der Waals surface area contributed by atoms with Crippen molar-refractivity contribution in [1.29, 1.82) is 0 Å². The van der Waals surface area contributed by atoms with Crippen molar-refractivity contribution in [3.8, 4) is 0 Å². The Labute approximate surface area is 125 Å². The van der Waals surface area contributed by atoms with Gasteiger partial charge in [-0.25, -0.2) is 0 Å². The quantitative estimate of drug-likeness (QED) is 0.616. The predicted molar refractivity (Wildman–Crippen MR) is 85.7 cm³/mol. The van der Waals surface area contributed by atoms with Gasteiger partial charge in [0.2, 0.25) is 5.91 Å². The highest BCUT2D eigenvalue weighted by molar-refractivity contribution is 5.77. The van der Waals surface area contributed by atoms with Crippen LogP contribution in [0.5, 0.6) is 0 Å². The molecular formula is C17H35NO2. The SMILES string of the molecule is CCC(C)(C)CCN(C(=O)CCCCO)C(C)(C)CC. The number of carbonyl (C=O) groups is 1. The van der Waals surface area contributed by atoms with Crippen molar-refractivity contribution in [2.24, 2.45) is 5.41 Å². The molecule has 3 heteroatoms. The number of amides is 1. The fourth-order valence-corrected chi connectivity index (χ4v) is 2.07. The number of aliphatic hydroxyl groups is 1. The molecule has 0 atom stereocenters. The minimum atomic E-state index is -0.0832. The summed E-state index contributed by atoms with van der Waals surface area (Å²) >= 11 is 0. The van der Waals surface area contributed by atoms with Gasteiger partial charge in [0.05, 0.1) is 0 Å². The van der Waals surface area contributed by atoms with Crippen molar-refractivity contribution in [2.45, 2.75) is 85.6 Å². The summed E-state index contributed by atoms with van der Waals surface area (Å²) in [6.07, 6.45) is 5.18. The van der Waals surface area contributed by atoms with Gasteiger partial charge in [-0.2, -0.15) is 0 Å². The zero-order valence-electron chi connectivity index (χ0n) is 14.5. The molecule has 0 aliphatic rings. The average molecular weight is 285 g/mol. The maximum Gasteiger partial charge on any atom is 0.223 e. The molecule has 0 saturated carbocycles. The first-order valence-electron chi connectivity index (χ1n) is 8.11. The van der Waals surface area contributed by atoms with Gasteiger partial charge in [0.15, 0.2) is 0 Å². The molecule has 1 N–H and O–H groups in total. The molecule has 0 aliphatic heterocycles. The largest absolute Gasteiger partial charge is 0.396 e. The standard InChI is InChI=1S/C17H35NO2/c1-7-16(3,4)12-13-18(17(5,6)8-2)15(20)11-9-10-14-19/h19H,7-14H2,1-6H3. The van der Waals surface area contributed by atoms with E-state index in [0.29, 0.717) is 12.8 Å². The molecule has 20 heavy (non-hydrogen) atoms. The molecule has 0 saturated heterocycles. The van der Waals surface area contributed by atoms with Crippen molar-refractivity contribution in [2.75, 3.05) is 13.2 Å². The van der Waals surface area contributed by atoms with Crippen LogP contribution in [0.4, 0.5) is 0 Å². The fraction of sp³-hybridized carbons (Fsp3) is 0.941. The van der Waals surface area contributed by atoms with Crippen LogP contribution in [-0.2, 0) is 4.79 Å². The lowest BCUT2D eigenvalue weighted by molar-refractivity contribution is -0.137. The Hall–Kier alpha value is -0.570. The Morgan fingerprint density at radius 2 is 1.65 bits per heavy atom. The Bertz CT molecular complexity index is 285. The molecule has 120 valence electrons. The normalized spacial score (nSPS) is 12.6. The molecule has 0 heterocycles. The lowest BCUT2D eigenvalue weighted by atomic mass is 9.85. The van der Waals surface area contributed by atoms with Gasteiger partial charge < -0.3 is 10.0 Å². The van der Waals surface area contributed by atoms with Gasteiger partial charge in [-0.15, -0.1) is 0 Å². The number of carbonyl (C=O) groups excluding carboxylic acids is 1. The second-order valence-corrected chi connectivity index (χ2v) is 7.16. The monoisotopic (exact) mass is 285 g/mol. The number of hydrogen-bond donors (Lipinski definition) is 1. The summed E-state index contributed by atoms with van der Waals surface area (Å²) in [7, 11) is 0. The van der Waals surface area contributed by atoms with Crippen molar-refractivity contribution in [3.05, 3.63) is 0 Å². The fourth-order valence-electron chi connectivity index (χ4n) is 2.07. The van der Waals surface area contributed by atoms with E-state index in [4.69, 9.17) is 5.11 Å². The van der Waals surface area contributed by atoms with Crippen molar-refractivity contribution in [3.63, 3.8) is 0 Å². The molecule has 0 aromatic heterocycles. The van der Waals surface area contributed by atoms with E-state index in [-0.39, 0.29) is 23.5 Å². The highest BCUT2D eigenvalue weighted by Crippen LogP contribution is 2.28. The molecule has 0 unspecified atom stereocenters. The molecule has 0 aromatic rings. The van der Waals surface area contributed by atoms with E-state index in [1.54, 1.807) is 0 Å². The van der Waals surface area contributed by atoms with Crippen LogP contribution in [0.1, 0.15) is 80.1 Å². The van der Waals surface area contributed by atoms with Gasteiger partial charge in [-0.1, -0.05) is 34.1 Å². The van der Waals surface area contributed by atoms with Gasteiger partial charge in [-0.3, -0.25) is 4.79 Å². The second kappa shape index (κ2) is 8.66. The Morgan fingerprint density at radius 3 is 2.10 bits per heavy atom. The number of rotatable bonds is 10. The van der Waals surface area contributed by atoms with Gasteiger partial charge in [-0.05, 0) is 44.9 Å². The minimum Gasteiger partial charge on any atom is -0.396 e. The molecule has 0 spiro atoms. The number of aliphatic hydroxyl groups excluding tert-OH is 1. The third-order valence-electron chi connectivity index (χ3n) is 4.67. The maximum atomic E-state index is 12.5. The van der Waals surface area contributed by atoms with Crippen LogP contribution in [-0.4, -0.2) is 34.6 Å². The molecule has 0 bridgehead atoms. The lowest BCUT2D eigenvalue weighted by Gasteiger charge is -2.40. The number of hydrogen-bond acceptors (Lipinski definition) is 2. The highest BCUT2D eigenvalue weighted by atomic mass is 16.3. The van der Waals surface area contributed by atoms with E-state index in [2.05, 4.69) is 46.4 Å². The van der Waals surface area contributed by atoms with Crippen LogP contribution in [0.3, 0.4) is 0 Å². The van der Waals surface area contributed by atoms with Gasteiger partial charge in [0.25, 0.3) is 0 Å². The summed E-state index contributed by atoms with van der Waals surface area (Å²) in [5.41, 5.74) is 0.202. The molecule has 0 rings (SSSR count). The summed E-state index contributed by atoms with van der Waals surface area (Å²) in [6, 6.07) is 0. The topological polar surface area (TPSA) is 40.5 Å². The van der Waals surface area contributed by atoms with Crippen molar-refractivity contribution in [1.82, 2.24) is 4.90 Å². The molecule has 0 radical (unpaired) electrons. The predicted octanol–water partition coefficient (Wildman–Crippen LogP) is 3.99. The number of nitrogens with zero attached hydrogens (tertiary/aromatic N) is 1. The Balaban J connectivity index is 4.70. The third kappa shape index (κ3) is 6.74. The summed E-state index contributed by atoms with van der Waals surface area (Å²) < 4.78 is 0. The highest BCUT2D eigenvalue weighted by Gasteiger charge is 2.30. The zero-order chi connectivity index (χ0) is 15.8. The van der Waals surface area contributed by atoms with Crippen molar-refractivity contribution >= 4 is 5.91 Å². The summed E-state index contributed by atoms with van der Waals surface area (Å²) in [4.78, 5) is 14.5. The Morgan fingerprint density at radius 1 is 1.05 bits per heavy atom. The van der Waals surface area contributed by atoms with Crippen LogP contribution in [0, 0.1) is 5.41 Å². The summed E-state index contributed by atoms with van der Waals surface area (Å²) in [5, 5.41) is 8.84. The van der Waals surface area contributed by atoms with Gasteiger partial charge >= 0.3 is 0 Å². The third-order valence-corrected chi connectivity index (χ3v) is 4.67. The van der Waals surface area contributed by atoms with E-state index in [9.17, 15) is 4.79 Å². The van der Waals surface area contributed by atoms with E-state index >= 15 is 0 Å². The minimum absolute atomic E-state index is 0.0832. The number of unbranched alkanes of at least 4 members (excludes halogenated alkanes) is 1. The van der Waals surface area contributed by atoms with E-state index in [0.717, 1.165) is 32.2 Å². The van der Waals surface area contributed by atoms with Crippen molar-refractivity contribution < 1.29 is 9.90 Å². The molecule has 0 aromatic carbocycles. The molecule has 0 aliphatic carbocycles. The maximum absolute atomic E-state index is 12.5.